The van der Waals surface area contributed by atoms with E-state index in [9.17, 15) is 26.4 Å². The minimum Gasteiger partial charge on any atom is -0.288 e. The van der Waals surface area contributed by atoms with Gasteiger partial charge in [0.05, 0.1) is 27.5 Å². The predicted molar refractivity (Wildman–Crippen MR) is 102 cm³/mol. The number of amides is 2. The quantitative estimate of drug-likeness (QED) is 0.480. The molecule has 0 atom stereocenters. The molecule has 0 unspecified atom stereocenters. The van der Waals surface area contributed by atoms with Crippen LogP contribution in [0.25, 0.3) is 0 Å². The maximum Gasteiger partial charge on any atom is 0.258 e. The van der Waals surface area contributed by atoms with Crippen molar-refractivity contribution >= 4 is 31.7 Å². The second kappa shape index (κ2) is 7.82. The summed E-state index contributed by atoms with van der Waals surface area (Å²) >= 11 is 0. The molecule has 8 nitrogen and oxygen atoms in total. The van der Waals surface area contributed by atoms with Crippen molar-refractivity contribution in [3.8, 4) is 0 Å². The highest BCUT2D eigenvalue weighted by Gasteiger charge is 2.28. The summed E-state index contributed by atoms with van der Waals surface area (Å²) in [4.78, 5) is 23.0. The molecule has 0 spiro atoms. The zero-order valence-electron chi connectivity index (χ0n) is 14.7. The zero-order chi connectivity index (χ0) is 20.4. The molecule has 2 amide bonds. The van der Waals surface area contributed by atoms with Gasteiger partial charge in [-0.25, -0.2) is 21.6 Å². The predicted octanol–water partition coefficient (Wildman–Crippen LogP) is 0.854. The van der Waals surface area contributed by atoms with Gasteiger partial charge in [-0.05, 0) is 30.2 Å². The largest absolute Gasteiger partial charge is 0.288 e. The summed E-state index contributed by atoms with van der Waals surface area (Å²) in [6.07, 6.45) is 0.109. The van der Waals surface area contributed by atoms with Gasteiger partial charge in [-0.3, -0.25) is 14.9 Å². The Morgan fingerprint density at radius 1 is 0.857 bits per heavy atom. The molecule has 10 heteroatoms. The molecule has 0 saturated carbocycles. The van der Waals surface area contributed by atoms with E-state index in [-0.39, 0.29) is 40.5 Å². The van der Waals surface area contributed by atoms with Crippen molar-refractivity contribution in [3.05, 3.63) is 65.2 Å². The van der Waals surface area contributed by atoms with E-state index in [1.165, 1.54) is 12.1 Å². The second-order valence-electron chi connectivity index (χ2n) is 6.32. The molecule has 2 N–H and O–H groups in total. The number of imide groups is 1. The molecule has 2 aromatic rings. The first-order valence-corrected chi connectivity index (χ1v) is 11.7. The van der Waals surface area contributed by atoms with Crippen molar-refractivity contribution in [2.45, 2.75) is 17.1 Å². The number of carbonyl (C=O) groups excluding carboxylic acids is 2. The molecule has 148 valence electrons. The summed E-state index contributed by atoms with van der Waals surface area (Å²) in [7, 11) is -7.30. The summed E-state index contributed by atoms with van der Waals surface area (Å²) in [5, 5.41) is 2.09. The van der Waals surface area contributed by atoms with Crippen molar-refractivity contribution in [2.24, 2.45) is 0 Å². The number of carbonyl (C=O) groups is 2. The van der Waals surface area contributed by atoms with Crippen molar-refractivity contribution in [1.29, 1.82) is 0 Å². The fourth-order valence-corrected chi connectivity index (χ4v) is 5.33. The third-order valence-corrected chi connectivity index (χ3v) is 7.31. The average molecular weight is 422 g/mol. The van der Waals surface area contributed by atoms with Gasteiger partial charge in [-0.15, -0.1) is 0 Å². The molecule has 0 aromatic heterocycles. The highest BCUT2D eigenvalue weighted by molar-refractivity contribution is 7.90. The standard InChI is InChI=1S/C18H18N2O6S2/c21-17-15-8-7-14(11-16(15)18(22)20-17)28(25,26)19-9-4-10-27(23,24)12-13-5-2-1-3-6-13/h1-3,5-8,11,19H,4,9-10,12H2,(H,20,21,22). The third kappa shape index (κ3) is 4.64. The van der Waals surface area contributed by atoms with Crippen LogP contribution in [0.15, 0.2) is 53.4 Å². The van der Waals surface area contributed by atoms with E-state index in [0.29, 0.717) is 5.56 Å². The SMILES string of the molecule is O=C1NC(=O)c2cc(S(=O)(=O)NCCCS(=O)(=O)Cc3ccccc3)ccc21. The van der Waals surface area contributed by atoms with Crippen LogP contribution in [-0.2, 0) is 25.6 Å². The summed E-state index contributed by atoms with van der Waals surface area (Å²) in [6, 6.07) is 12.4. The first-order chi connectivity index (χ1) is 13.2. The monoisotopic (exact) mass is 422 g/mol. The Morgan fingerprint density at radius 2 is 1.54 bits per heavy atom. The number of rotatable bonds is 8. The number of fused-ring (bicyclic) bond motifs is 1. The van der Waals surface area contributed by atoms with Gasteiger partial charge in [0.1, 0.15) is 0 Å². The normalized spacial score (nSPS) is 14.0. The number of sulfonamides is 1. The van der Waals surface area contributed by atoms with Crippen molar-refractivity contribution in [3.63, 3.8) is 0 Å². The lowest BCUT2D eigenvalue weighted by atomic mass is 10.1. The van der Waals surface area contributed by atoms with Crippen molar-refractivity contribution in [1.82, 2.24) is 10.0 Å². The van der Waals surface area contributed by atoms with Gasteiger partial charge < -0.3 is 0 Å². The molecule has 1 aliphatic heterocycles. The maximum absolute atomic E-state index is 12.4. The van der Waals surface area contributed by atoms with Gasteiger partial charge in [0.15, 0.2) is 9.84 Å². The number of hydrogen-bond donors (Lipinski definition) is 2. The number of nitrogens with one attached hydrogen (secondary N) is 2. The first-order valence-electron chi connectivity index (χ1n) is 8.42. The number of hydrogen-bond acceptors (Lipinski definition) is 6. The molecule has 2 aromatic carbocycles. The first kappa shape index (κ1) is 20.2. The lowest BCUT2D eigenvalue weighted by molar-refractivity contribution is 0.0879. The van der Waals surface area contributed by atoms with Crippen molar-refractivity contribution in [2.75, 3.05) is 12.3 Å². The molecule has 3 rings (SSSR count). The Balaban J connectivity index is 1.58. The molecule has 0 radical (unpaired) electrons. The van der Waals surface area contributed by atoms with E-state index in [0.717, 1.165) is 6.07 Å². The average Bonchev–Trinajstić information content (AvgIpc) is 2.93. The van der Waals surface area contributed by atoms with Crippen LogP contribution in [-0.4, -0.2) is 40.9 Å². The lowest BCUT2D eigenvalue weighted by Gasteiger charge is -2.08. The molecule has 0 bridgehead atoms. The smallest absolute Gasteiger partial charge is 0.258 e. The summed E-state index contributed by atoms with van der Waals surface area (Å²) in [5.41, 5.74) is 0.795. The lowest BCUT2D eigenvalue weighted by Crippen LogP contribution is -2.26. The van der Waals surface area contributed by atoms with Crippen molar-refractivity contribution < 1.29 is 26.4 Å². The van der Waals surface area contributed by atoms with E-state index in [4.69, 9.17) is 0 Å². The highest BCUT2D eigenvalue weighted by Crippen LogP contribution is 2.20. The summed E-state index contributed by atoms with van der Waals surface area (Å²) in [6.45, 7) is -0.0709. The Morgan fingerprint density at radius 3 is 2.25 bits per heavy atom. The van der Waals surface area contributed by atoms with Gasteiger partial charge in [-0.2, -0.15) is 0 Å². The molecule has 0 saturated heterocycles. The fourth-order valence-electron chi connectivity index (χ4n) is 2.80. The van der Waals surface area contributed by atoms with Crippen LogP contribution in [0.2, 0.25) is 0 Å². The second-order valence-corrected chi connectivity index (χ2v) is 10.3. The Kier molecular flexibility index (Phi) is 5.64. The van der Waals surface area contributed by atoms with Crippen LogP contribution < -0.4 is 10.0 Å². The van der Waals surface area contributed by atoms with Crippen LogP contribution in [0.1, 0.15) is 32.7 Å². The van der Waals surface area contributed by atoms with E-state index < -0.39 is 31.7 Å². The Labute approximate surface area is 162 Å². The molecule has 0 aliphatic carbocycles. The van der Waals surface area contributed by atoms with E-state index in [2.05, 4.69) is 10.0 Å². The van der Waals surface area contributed by atoms with E-state index in [1.54, 1.807) is 30.3 Å². The minimum absolute atomic E-state index is 0.00156. The highest BCUT2D eigenvalue weighted by atomic mass is 32.2. The van der Waals surface area contributed by atoms with E-state index in [1.807, 2.05) is 0 Å². The van der Waals surface area contributed by atoms with E-state index >= 15 is 0 Å². The molecule has 1 heterocycles. The Bertz CT molecular complexity index is 1130. The van der Waals surface area contributed by atoms with Crippen LogP contribution in [0.5, 0.6) is 0 Å². The topological polar surface area (TPSA) is 126 Å². The molecular weight excluding hydrogens is 404 g/mol. The summed E-state index contributed by atoms with van der Waals surface area (Å²) in [5.74, 6) is -1.48. The molecular formula is C18H18N2O6S2. The van der Waals surface area contributed by atoms with Gasteiger partial charge in [0, 0.05) is 6.54 Å². The minimum atomic E-state index is -3.94. The van der Waals surface area contributed by atoms with Gasteiger partial charge >= 0.3 is 0 Å². The van der Waals surface area contributed by atoms with Crippen LogP contribution in [0, 0.1) is 0 Å². The maximum atomic E-state index is 12.4. The molecule has 28 heavy (non-hydrogen) atoms. The Hall–Kier alpha value is -2.56. The van der Waals surface area contributed by atoms with Gasteiger partial charge in [0.25, 0.3) is 11.8 Å². The third-order valence-electron chi connectivity index (χ3n) is 4.17. The van der Waals surface area contributed by atoms with Gasteiger partial charge in [-0.1, -0.05) is 30.3 Å². The van der Waals surface area contributed by atoms with Crippen LogP contribution in [0.3, 0.4) is 0 Å². The van der Waals surface area contributed by atoms with Crippen LogP contribution in [0.4, 0.5) is 0 Å². The van der Waals surface area contributed by atoms with Gasteiger partial charge in [0.2, 0.25) is 10.0 Å². The number of sulfone groups is 1. The van der Waals surface area contributed by atoms with Crippen LogP contribution >= 0.6 is 0 Å². The number of benzene rings is 2. The summed E-state index contributed by atoms with van der Waals surface area (Å²) < 4.78 is 51.3. The molecule has 1 aliphatic rings. The fraction of sp³-hybridized carbons (Fsp3) is 0.222. The zero-order valence-corrected chi connectivity index (χ0v) is 16.3. The molecule has 0 fully saturated rings.